The molecule has 1 aromatic carbocycles. The van der Waals surface area contributed by atoms with Crippen molar-refractivity contribution < 1.29 is 9.53 Å². The van der Waals surface area contributed by atoms with Gasteiger partial charge in [-0.15, -0.1) is 5.10 Å². The Bertz CT molecular complexity index is 908. The Morgan fingerprint density at radius 2 is 1.96 bits per heavy atom. The molecule has 2 aromatic rings. The van der Waals surface area contributed by atoms with E-state index in [2.05, 4.69) is 5.10 Å². The maximum Gasteiger partial charge on any atom is 0.268 e. The van der Waals surface area contributed by atoms with Crippen molar-refractivity contribution in [3.8, 4) is 17.0 Å². The van der Waals surface area contributed by atoms with Crippen LogP contribution in [0.4, 0.5) is 0 Å². The third-order valence-corrected chi connectivity index (χ3v) is 4.57. The molecule has 0 saturated heterocycles. The van der Waals surface area contributed by atoms with Gasteiger partial charge in [-0.2, -0.15) is 0 Å². The normalized spacial score (nSPS) is 14.3. The Balaban J connectivity index is 2.19. The van der Waals surface area contributed by atoms with Crippen molar-refractivity contribution >= 4 is 17.4 Å². The molecule has 0 radical (unpaired) electrons. The molecular weight excluding hydrogens is 352 g/mol. The van der Waals surface area contributed by atoms with Crippen LogP contribution in [-0.2, 0) is 5.54 Å². The van der Waals surface area contributed by atoms with Gasteiger partial charge in [-0.1, -0.05) is 11.6 Å². The molecular formula is C20H23ClN2O3. The van der Waals surface area contributed by atoms with Gasteiger partial charge in [0.25, 0.3) is 5.56 Å². The van der Waals surface area contributed by atoms with Crippen LogP contribution in [0.1, 0.15) is 50.9 Å². The Morgan fingerprint density at radius 3 is 2.54 bits per heavy atom. The fraction of sp³-hybridized carbons (Fsp3) is 0.450. The summed E-state index contributed by atoms with van der Waals surface area (Å²) in [6, 6.07) is 6.50. The van der Waals surface area contributed by atoms with E-state index >= 15 is 0 Å². The number of ether oxygens (including phenoxy) is 1. The molecule has 26 heavy (non-hydrogen) atoms. The lowest BCUT2D eigenvalue weighted by Gasteiger charge is -2.22. The molecule has 0 amide bonds. The zero-order valence-electron chi connectivity index (χ0n) is 15.5. The monoisotopic (exact) mass is 374 g/mol. The number of carbonyl (C=O) groups excluding carboxylic acids is 1. The van der Waals surface area contributed by atoms with Crippen LogP contribution in [0.2, 0.25) is 5.02 Å². The first-order chi connectivity index (χ1) is 12.2. The summed E-state index contributed by atoms with van der Waals surface area (Å²) in [5.41, 5.74) is 0.830. The zero-order valence-corrected chi connectivity index (χ0v) is 16.3. The molecule has 6 heteroatoms. The number of rotatable bonds is 5. The van der Waals surface area contributed by atoms with Crippen LogP contribution in [0.3, 0.4) is 0 Å². The summed E-state index contributed by atoms with van der Waals surface area (Å²) in [7, 11) is 0. The Labute approximate surface area is 157 Å². The summed E-state index contributed by atoms with van der Waals surface area (Å²) >= 11 is 6.15. The van der Waals surface area contributed by atoms with Gasteiger partial charge in [0.1, 0.15) is 0 Å². The highest BCUT2D eigenvalue weighted by atomic mass is 35.5. The van der Waals surface area contributed by atoms with Gasteiger partial charge in [-0.3, -0.25) is 9.59 Å². The van der Waals surface area contributed by atoms with Gasteiger partial charge in [0, 0.05) is 16.7 Å². The van der Waals surface area contributed by atoms with Crippen LogP contribution in [0.25, 0.3) is 11.1 Å². The van der Waals surface area contributed by atoms with Gasteiger partial charge in [0.2, 0.25) is 5.88 Å². The highest BCUT2D eigenvalue weighted by Crippen LogP contribution is 2.35. The third-order valence-electron chi connectivity index (χ3n) is 4.34. The second-order valence-corrected chi connectivity index (χ2v) is 8.22. The lowest BCUT2D eigenvalue weighted by Crippen LogP contribution is -2.36. The number of ketones is 1. The maximum atomic E-state index is 12.7. The molecule has 1 fully saturated rings. The smallest absolute Gasteiger partial charge is 0.268 e. The van der Waals surface area contributed by atoms with Crippen molar-refractivity contribution in [3.05, 3.63) is 45.2 Å². The SMILES string of the molecule is CC(=O)c1ccc(Cl)cc1-c1cc(=O)n(C(C)(C)C)nc1OCC1CC1. The number of hydrogen-bond donors (Lipinski definition) is 0. The van der Waals surface area contributed by atoms with Gasteiger partial charge in [-0.05, 0) is 70.2 Å². The fourth-order valence-corrected chi connectivity index (χ4v) is 2.92. The Morgan fingerprint density at radius 1 is 1.27 bits per heavy atom. The van der Waals surface area contributed by atoms with Crippen LogP contribution in [0.5, 0.6) is 5.88 Å². The van der Waals surface area contributed by atoms with E-state index in [1.165, 1.54) is 17.7 Å². The molecule has 0 bridgehead atoms. The predicted octanol–water partition coefficient (Wildman–Crippen LogP) is 4.31. The maximum absolute atomic E-state index is 12.7. The van der Waals surface area contributed by atoms with Gasteiger partial charge < -0.3 is 4.74 Å². The van der Waals surface area contributed by atoms with Gasteiger partial charge in [0.15, 0.2) is 5.78 Å². The first kappa shape index (κ1) is 18.6. The minimum absolute atomic E-state index is 0.107. The Kier molecular flexibility index (Phi) is 4.93. The molecule has 1 aliphatic rings. The molecule has 0 aliphatic heterocycles. The van der Waals surface area contributed by atoms with E-state index in [-0.39, 0.29) is 11.3 Å². The van der Waals surface area contributed by atoms with E-state index in [9.17, 15) is 9.59 Å². The largest absolute Gasteiger partial charge is 0.476 e. The van der Waals surface area contributed by atoms with E-state index in [4.69, 9.17) is 16.3 Å². The minimum atomic E-state index is -0.481. The molecule has 0 unspecified atom stereocenters. The molecule has 0 atom stereocenters. The van der Waals surface area contributed by atoms with Crippen LogP contribution in [0, 0.1) is 5.92 Å². The summed E-state index contributed by atoms with van der Waals surface area (Å²) in [6.45, 7) is 7.77. The van der Waals surface area contributed by atoms with Crippen molar-refractivity contribution in [3.63, 3.8) is 0 Å². The third kappa shape index (κ3) is 3.98. The van der Waals surface area contributed by atoms with E-state index in [0.717, 1.165) is 12.8 Å². The van der Waals surface area contributed by atoms with Crippen molar-refractivity contribution in [1.82, 2.24) is 9.78 Å². The summed E-state index contributed by atoms with van der Waals surface area (Å²) in [5, 5.41) is 4.96. The molecule has 1 aliphatic carbocycles. The highest BCUT2D eigenvalue weighted by molar-refractivity contribution is 6.31. The number of halogens is 1. The molecule has 0 spiro atoms. The topological polar surface area (TPSA) is 61.2 Å². The van der Waals surface area contributed by atoms with Crippen molar-refractivity contribution in [1.29, 1.82) is 0 Å². The Hall–Kier alpha value is -2.14. The lowest BCUT2D eigenvalue weighted by atomic mass is 9.98. The van der Waals surface area contributed by atoms with Crippen LogP contribution >= 0.6 is 11.6 Å². The van der Waals surface area contributed by atoms with Gasteiger partial charge in [0.05, 0.1) is 17.7 Å². The second-order valence-electron chi connectivity index (χ2n) is 7.78. The number of Topliss-reactive ketones (excluding diaryl/α,β-unsaturated/α-hetero) is 1. The number of benzene rings is 1. The summed E-state index contributed by atoms with van der Waals surface area (Å²) < 4.78 is 7.37. The molecule has 0 N–H and O–H groups in total. The molecule has 3 rings (SSSR count). The van der Waals surface area contributed by atoms with E-state index in [1.807, 2.05) is 20.8 Å². The fourth-order valence-electron chi connectivity index (χ4n) is 2.75. The van der Waals surface area contributed by atoms with E-state index in [1.54, 1.807) is 18.2 Å². The zero-order chi connectivity index (χ0) is 19.1. The van der Waals surface area contributed by atoms with Crippen molar-refractivity contribution in [2.75, 3.05) is 6.61 Å². The molecule has 1 saturated carbocycles. The van der Waals surface area contributed by atoms with Crippen LogP contribution in [-0.4, -0.2) is 22.2 Å². The molecule has 1 aromatic heterocycles. The number of nitrogens with zero attached hydrogens (tertiary/aromatic N) is 2. The summed E-state index contributed by atoms with van der Waals surface area (Å²) in [4.78, 5) is 24.7. The highest BCUT2D eigenvalue weighted by Gasteiger charge is 2.26. The first-order valence-corrected chi connectivity index (χ1v) is 9.13. The summed E-state index contributed by atoms with van der Waals surface area (Å²) in [5.74, 6) is 0.785. The number of aromatic nitrogens is 2. The minimum Gasteiger partial charge on any atom is -0.476 e. The molecule has 1 heterocycles. The number of carbonyl (C=O) groups is 1. The number of hydrogen-bond acceptors (Lipinski definition) is 4. The van der Waals surface area contributed by atoms with E-state index in [0.29, 0.717) is 40.1 Å². The average Bonchev–Trinajstić information content (AvgIpc) is 3.36. The van der Waals surface area contributed by atoms with Crippen molar-refractivity contribution in [2.45, 2.75) is 46.1 Å². The molecule has 138 valence electrons. The second kappa shape index (κ2) is 6.88. The average molecular weight is 375 g/mol. The summed E-state index contributed by atoms with van der Waals surface area (Å²) in [6.07, 6.45) is 2.29. The lowest BCUT2D eigenvalue weighted by molar-refractivity contribution is 0.101. The van der Waals surface area contributed by atoms with E-state index < -0.39 is 5.54 Å². The van der Waals surface area contributed by atoms with Gasteiger partial charge in [-0.25, -0.2) is 4.68 Å². The van der Waals surface area contributed by atoms with Crippen molar-refractivity contribution in [2.24, 2.45) is 5.92 Å². The first-order valence-electron chi connectivity index (χ1n) is 8.75. The van der Waals surface area contributed by atoms with Gasteiger partial charge >= 0.3 is 0 Å². The standard InChI is InChI=1S/C20H23ClN2O3/c1-12(24)15-8-7-14(21)9-16(15)17-10-18(25)23(20(2,3)4)22-19(17)26-11-13-5-6-13/h7-10,13H,5-6,11H2,1-4H3. The van der Waals surface area contributed by atoms with Crippen LogP contribution < -0.4 is 10.3 Å². The van der Waals surface area contributed by atoms with Crippen LogP contribution in [0.15, 0.2) is 29.1 Å². The predicted molar refractivity (Wildman–Crippen MR) is 102 cm³/mol. The molecule has 5 nitrogen and oxygen atoms in total. The quantitative estimate of drug-likeness (QED) is 0.731.